The molecule has 1 heterocycles. The monoisotopic (exact) mass is 306 g/mol. The Morgan fingerprint density at radius 3 is 2.55 bits per heavy atom. The van der Waals surface area contributed by atoms with Gasteiger partial charge in [0.2, 0.25) is 0 Å². The van der Waals surface area contributed by atoms with Crippen molar-refractivity contribution >= 4 is 5.78 Å². The van der Waals surface area contributed by atoms with E-state index in [1.165, 1.54) is 0 Å². The van der Waals surface area contributed by atoms with Gasteiger partial charge in [-0.1, -0.05) is 18.7 Å². The summed E-state index contributed by atoms with van der Waals surface area (Å²) in [5, 5.41) is 10.6. The molecule has 1 aromatic carbocycles. The molecule has 120 valence electrons. The number of Topliss-reactive ketones (excluding diaryl/α,β-unsaturated/α-hetero) is 1. The van der Waals surface area contributed by atoms with E-state index in [1.54, 1.807) is 45.2 Å². The van der Waals surface area contributed by atoms with Crippen molar-refractivity contribution in [1.29, 1.82) is 0 Å². The summed E-state index contributed by atoms with van der Waals surface area (Å²) in [6, 6.07) is 6.91. The lowest BCUT2D eigenvalue weighted by Crippen LogP contribution is -2.44. The second-order valence-electron chi connectivity index (χ2n) is 5.77. The van der Waals surface area contributed by atoms with Crippen molar-refractivity contribution in [3.63, 3.8) is 0 Å². The number of ketones is 1. The number of ether oxygens (including phenoxy) is 3. The standard InChI is InChI=1S/C17H22O5/c1-11-17(2,3)16(19)15(22-10-9-21-11)14(18)12-5-7-13(20-4)8-6-12/h5-8,14-15,18H,1,9-10H2,2-4H3. The summed E-state index contributed by atoms with van der Waals surface area (Å²) in [5.41, 5.74) is -0.319. The molecule has 0 spiro atoms. The quantitative estimate of drug-likeness (QED) is 0.928. The van der Waals surface area contributed by atoms with Gasteiger partial charge in [0.1, 0.15) is 30.3 Å². The van der Waals surface area contributed by atoms with Gasteiger partial charge in [0, 0.05) is 0 Å². The van der Waals surface area contributed by atoms with Crippen LogP contribution in [-0.2, 0) is 14.3 Å². The van der Waals surface area contributed by atoms with Crippen LogP contribution in [0, 0.1) is 5.41 Å². The van der Waals surface area contributed by atoms with Crippen LogP contribution in [0.5, 0.6) is 5.75 Å². The van der Waals surface area contributed by atoms with Crippen LogP contribution in [0.4, 0.5) is 0 Å². The molecule has 1 saturated heterocycles. The highest BCUT2D eigenvalue weighted by Gasteiger charge is 2.42. The normalized spacial score (nSPS) is 23.2. The number of carbonyl (C=O) groups is 1. The molecule has 1 fully saturated rings. The lowest BCUT2D eigenvalue weighted by molar-refractivity contribution is -0.153. The number of hydrogen-bond donors (Lipinski definition) is 1. The summed E-state index contributed by atoms with van der Waals surface area (Å²) >= 11 is 0. The summed E-state index contributed by atoms with van der Waals surface area (Å²) in [7, 11) is 1.57. The first-order valence-electron chi connectivity index (χ1n) is 7.18. The third kappa shape index (κ3) is 3.15. The zero-order valence-corrected chi connectivity index (χ0v) is 13.2. The summed E-state index contributed by atoms with van der Waals surface area (Å²) in [5.74, 6) is 0.830. The van der Waals surface area contributed by atoms with Crippen LogP contribution in [0.3, 0.4) is 0 Å². The highest BCUT2D eigenvalue weighted by atomic mass is 16.5. The number of aliphatic hydroxyl groups excluding tert-OH is 1. The lowest BCUT2D eigenvalue weighted by Gasteiger charge is -2.34. The number of aliphatic hydroxyl groups is 1. The Balaban J connectivity index is 2.26. The fraction of sp³-hybridized carbons (Fsp3) is 0.471. The average Bonchev–Trinajstić information content (AvgIpc) is 2.52. The maximum atomic E-state index is 12.7. The Bertz CT molecular complexity index is 547. The maximum absolute atomic E-state index is 12.7. The number of methoxy groups -OCH3 is 1. The molecule has 0 bridgehead atoms. The molecule has 0 aliphatic carbocycles. The van der Waals surface area contributed by atoms with Crippen molar-refractivity contribution in [1.82, 2.24) is 0 Å². The molecule has 0 aromatic heterocycles. The van der Waals surface area contributed by atoms with E-state index in [4.69, 9.17) is 14.2 Å². The van der Waals surface area contributed by atoms with Crippen LogP contribution >= 0.6 is 0 Å². The van der Waals surface area contributed by atoms with Crippen LogP contribution in [0.25, 0.3) is 0 Å². The van der Waals surface area contributed by atoms with Gasteiger partial charge in [-0.05, 0) is 31.5 Å². The SMILES string of the molecule is C=C1OCCOC(C(O)c2ccc(OC)cc2)C(=O)C1(C)C. The van der Waals surface area contributed by atoms with Gasteiger partial charge >= 0.3 is 0 Å². The largest absolute Gasteiger partial charge is 0.497 e. The molecule has 2 unspecified atom stereocenters. The van der Waals surface area contributed by atoms with E-state index in [-0.39, 0.29) is 12.4 Å². The van der Waals surface area contributed by atoms with Gasteiger partial charge in [-0.15, -0.1) is 0 Å². The molecule has 22 heavy (non-hydrogen) atoms. The summed E-state index contributed by atoms with van der Waals surface area (Å²) < 4.78 is 16.0. The van der Waals surface area contributed by atoms with Gasteiger partial charge in [-0.25, -0.2) is 0 Å². The van der Waals surface area contributed by atoms with Crippen LogP contribution in [-0.4, -0.2) is 37.3 Å². The molecule has 0 radical (unpaired) electrons. The van der Waals surface area contributed by atoms with Crippen molar-refractivity contribution in [3.8, 4) is 5.75 Å². The molecule has 5 heteroatoms. The summed E-state index contributed by atoms with van der Waals surface area (Å²) in [6.07, 6.45) is -2.01. The molecule has 1 N–H and O–H groups in total. The third-order valence-electron chi connectivity index (χ3n) is 3.97. The highest BCUT2D eigenvalue weighted by molar-refractivity contribution is 5.91. The van der Waals surface area contributed by atoms with Crippen molar-refractivity contribution in [2.24, 2.45) is 5.41 Å². The first-order valence-corrected chi connectivity index (χ1v) is 7.18. The van der Waals surface area contributed by atoms with Crippen LogP contribution in [0.1, 0.15) is 25.5 Å². The van der Waals surface area contributed by atoms with Crippen molar-refractivity contribution in [2.45, 2.75) is 26.1 Å². The zero-order chi connectivity index (χ0) is 16.3. The van der Waals surface area contributed by atoms with E-state index in [1.807, 2.05) is 0 Å². The number of rotatable bonds is 3. The van der Waals surface area contributed by atoms with E-state index in [0.29, 0.717) is 23.7 Å². The lowest BCUT2D eigenvalue weighted by atomic mass is 9.81. The number of carbonyl (C=O) groups excluding carboxylic acids is 1. The van der Waals surface area contributed by atoms with E-state index in [9.17, 15) is 9.90 Å². The summed E-state index contributed by atoms with van der Waals surface area (Å²) in [6.45, 7) is 7.78. The molecule has 1 aromatic rings. The topological polar surface area (TPSA) is 65.0 Å². The fourth-order valence-corrected chi connectivity index (χ4v) is 2.30. The van der Waals surface area contributed by atoms with Crippen LogP contribution in [0.2, 0.25) is 0 Å². The van der Waals surface area contributed by atoms with E-state index >= 15 is 0 Å². The molecular formula is C17H22O5. The second kappa shape index (κ2) is 6.50. The number of benzene rings is 1. The fourth-order valence-electron chi connectivity index (χ4n) is 2.30. The smallest absolute Gasteiger partial charge is 0.177 e. The second-order valence-corrected chi connectivity index (χ2v) is 5.77. The average molecular weight is 306 g/mol. The minimum Gasteiger partial charge on any atom is -0.497 e. The Hall–Kier alpha value is -1.85. The predicted molar refractivity (Wildman–Crippen MR) is 81.6 cm³/mol. The Morgan fingerprint density at radius 1 is 1.32 bits per heavy atom. The van der Waals surface area contributed by atoms with Gasteiger partial charge in [0.25, 0.3) is 0 Å². The Morgan fingerprint density at radius 2 is 1.95 bits per heavy atom. The zero-order valence-electron chi connectivity index (χ0n) is 13.2. The molecule has 0 amide bonds. The third-order valence-corrected chi connectivity index (χ3v) is 3.97. The molecule has 1 aliphatic rings. The Labute approximate surface area is 130 Å². The van der Waals surface area contributed by atoms with Crippen molar-refractivity contribution in [2.75, 3.05) is 20.3 Å². The van der Waals surface area contributed by atoms with E-state index in [2.05, 4.69) is 6.58 Å². The minimum absolute atomic E-state index is 0.221. The summed E-state index contributed by atoms with van der Waals surface area (Å²) in [4.78, 5) is 12.7. The first kappa shape index (κ1) is 16.5. The molecular weight excluding hydrogens is 284 g/mol. The molecule has 0 saturated carbocycles. The van der Waals surface area contributed by atoms with Crippen LogP contribution < -0.4 is 4.74 Å². The maximum Gasteiger partial charge on any atom is 0.177 e. The molecule has 1 aliphatic heterocycles. The molecule has 2 atom stereocenters. The number of hydrogen-bond acceptors (Lipinski definition) is 5. The van der Waals surface area contributed by atoms with Crippen molar-refractivity contribution < 1.29 is 24.1 Å². The highest BCUT2D eigenvalue weighted by Crippen LogP contribution is 2.34. The molecule has 2 rings (SSSR count). The predicted octanol–water partition coefficient (Wildman–Crippen LogP) is 2.25. The minimum atomic E-state index is -1.05. The number of allylic oxidation sites excluding steroid dienone is 1. The van der Waals surface area contributed by atoms with E-state index < -0.39 is 17.6 Å². The van der Waals surface area contributed by atoms with Gasteiger partial charge in [-0.2, -0.15) is 0 Å². The van der Waals surface area contributed by atoms with Gasteiger partial charge < -0.3 is 19.3 Å². The van der Waals surface area contributed by atoms with Gasteiger partial charge in [0.15, 0.2) is 5.78 Å². The van der Waals surface area contributed by atoms with Crippen LogP contribution in [0.15, 0.2) is 36.6 Å². The first-order chi connectivity index (χ1) is 10.4. The van der Waals surface area contributed by atoms with Gasteiger partial charge in [-0.3, -0.25) is 4.79 Å². The Kier molecular flexibility index (Phi) is 4.88. The van der Waals surface area contributed by atoms with Crippen molar-refractivity contribution in [3.05, 3.63) is 42.2 Å². The van der Waals surface area contributed by atoms with E-state index in [0.717, 1.165) is 0 Å². The molecule has 5 nitrogen and oxygen atoms in total. The van der Waals surface area contributed by atoms with Gasteiger partial charge in [0.05, 0.1) is 19.1 Å².